The maximum Gasteiger partial charge on any atom is 0.416 e. The van der Waals surface area contributed by atoms with Gasteiger partial charge in [-0.3, -0.25) is 4.79 Å². The van der Waals surface area contributed by atoms with Crippen molar-refractivity contribution in [2.24, 2.45) is 5.92 Å². The van der Waals surface area contributed by atoms with Crippen LogP contribution >= 0.6 is 0 Å². The minimum Gasteiger partial charge on any atom is -0.426 e. The zero-order valence-corrected chi connectivity index (χ0v) is 17.4. The van der Waals surface area contributed by atoms with Crippen LogP contribution in [0.2, 0.25) is 0 Å². The van der Waals surface area contributed by atoms with E-state index in [2.05, 4.69) is 0 Å². The van der Waals surface area contributed by atoms with Gasteiger partial charge in [0.2, 0.25) is 10.0 Å². The van der Waals surface area contributed by atoms with Gasteiger partial charge in [0.1, 0.15) is 5.75 Å². The first-order chi connectivity index (χ1) is 14.0. The van der Waals surface area contributed by atoms with E-state index in [-0.39, 0.29) is 25.9 Å². The highest BCUT2D eigenvalue weighted by Gasteiger charge is 2.35. The second kappa shape index (κ2) is 8.39. The van der Waals surface area contributed by atoms with Crippen LogP contribution in [0.3, 0.4) is 0 Å². The smallest absolute Gasteiger partial charge is 0.416 e. The van der Waals surface area contributed by atoms with Gasteiger partial charge >= 0.3 is 12.1 Å². The van der Waals surface area contributed by atoms with Crippen LogP contribution in [0.4, 0.5) is 13.2 Å². The summed E-state index contributed by atoms with van der Waals surface area (Å²) in [4.78, 5) is 12.1. The number of piperidine rings is 1. The first kappa shape index (κ1) is 22.3. The van der Waals surface area contributed by atoms with Gasteiger partial charge in [0.25, 0.3) is 0 Å². The van der Waals surface area contributed by atoms with Crippen molar-refractivity contribution in [1.82, 2.24) is 4.31 Å². The number of halogens is 3. The SMILES string of the molecule is Cc1cccc(C)c1OC(=O)C1CCN(S(=O)(=O)c2cccc(C(F)(F)F)c2)CC1. The molecule has 1 heterocycles. The molecule has 1 aliphatic rings. The lowest BCUT2D eigenvalue weighted by atomic mass is 9.98. The highest BCUT2D eigenvalue weighted by molar-refractivity contribution is 7.89. The summed E-state index contributed by atoms with van der Waals surface area (Å²) >= 11 is 0. The number of alkyl halides is 3. The summed E-state index contributed by atoms with van der Waals surface area (Å²) in [6.45, 7) is 3.73. The van der Waals surface area contributed by atoms with Crippen molar-refractivity contribution >= 4 is 16.0 Å². The van der Waals surface area contributed by atoms with Crippen LogP contribution in [0.15, 0.2) is 47.4 Å². The number of rotatable bonds is 4. The molecule has 1 saturated heterocycles. The van der Waals surface area contributed by atoms with Gasteiger partial charge in [0.15, 0.2) is 0 Å². The summed E-state index contributed by atoms with van der Waals surface area (Å²) in [5.41, 5.74) is 0.636. The Morgan fingerprint density at radius 3 is 2.17 bits per heavy atom. The standard InChI is InChI=1S/C21H22F3NO4S/c1-14-5-3-6-15(2)19(14)29-20(26)16-9-11-25(12-10-16)30(27,28)18-8-4-7-17(13-18)21(22,23)24/h3-8,13,16H,9-12H2,1-2H3. The number of sulfonamides is 1. The van der Waals surface area contributed by atoms with Gasteiger partial charge in [0, 0.05) is 13.1 Å². The molecular weight excluding hydrogens is 419 g/mol. The molecule has 30 heavy (non-hydrogen) atoms. The van der Waals surface area contributed by atoms with Crippen molar-refractivity contribution in [2.75, 3.05) is 13.1 Å². The van der Waals surface area contributed by atoms with E-state index in [1.807, 2.05) is 32.0 Å². The van der Waals surface area contributed by atoms with E-state index in [1.165, 1.54) is 0 Å². The minimum absolute atomic E-state index is 0.0328. The van der Waals surface area contributed by atoms with Crippen molar-refractivity contribution in [3.8, 4) is 5.75 Å². The maximum atomic E-state index is 12.9. The average molecular weight is 441 g/mol. The Balaban J connectivity index is 1.68. The van der Waals surface area contributed by atoms with Crippen molar-refractivity contribution < 1.29 is 31.1 Å². The predicted molar refractivity (Wildman–Crippen MR) is 104 cm³/mol. The highest BCUT2D eigenvalue weighted by atomic mass is 32.2. The summed E-state index contributed by atoms with van der Waals surface area (Å²) in [6, 6.07) is 9.21. The number of para-hydroxylation sites is 1. The van der Waals surface area contributed by atoms with E-state index in [0.717, 1.165) is 33.6 Å². The minimum atomic E-state index is -4.63. The predicted octanol–water partition coefficient (Wildman–Crippen LogP) is 4.33. The van der Waals surface area contributed by atoms with Crippen LogP contribution < -0.4 is 4.74 Å². The maximum absolute atomic E-state index is 12.9. The number of hydrogen-bond acceptors (Lipinski definition) is 4. The van der Waals surface area contributed by atoms with Gasteiger partial charge in [-0.2, -0.15) is 17.5 Å². The summed E-state index contributed by atoms with van der Waals surface area (Å²) in [5, 5.41) is 0. The zero-order valence-electron chi connectivity index (χ0n) is 16.6. The molecule has 1 fully saturated rings. The van der Waals surface area contributed by atoms with Gasteiger partial charge in [-0.25, -0.2) is 8.42 Å². The lowest BCUT2D eigenvalue weighted by molar-refractivity contribution is -0.140. The molecule has 0 radical (unpaired) electrons. The van der Waals surface area contributed by atoms with Gasteiger partial charge in [-0.1, -0.05) is 24.3 Å². The summed E-state index contributed by atoms with van der Waals surface area (Å²) < 4.78 is 70.9. The summed E-state index contributed by atoms with van der Waals surface area (Å²) in [5.74, 6) is -0.401. The molecule has 0 aromatic heterocycles. The van der Waals surface area contributed by atoms with E-state index in [4.69, 9.17) is 4.74 Å². The molecule has 0 bridgehead atoms. The molecule has 0 unspecified atom stereocenters. The van der Waals surface area contributed by atoms with Crippen LogP contribution in [0, 0.1) is 19.8 Å². The Labute approximate surface area is 173 Å². The number of carbonyl (C=O) groups excluding carboxylic acids is 1. The fourth-order valence-corrected chi connectivity index (χ4v) is 4.97. The molecule has 162 valence electrons. The third kappa shape index (κ3) is 4.67. The highest BCUT2D eigenvalue weighted by Crippen LogP contribution is 2.32. The molecule has 1 aliphatic heterocycles. The normalized spacial score (nSPS) is 16.4. The van der Waals surface area contributed by atoms with Gasteiger partial charge in [-0.15, -0.1) is 0 Å². The van der Waals surface area contributed by atoms with Gasteiger partial charge < -0.3 is 4.74 Å². The Morgan fingerprint density at radius 1 is 1.03 bits per heavy atom. The Morgan fingerprint density at radius 2 is 1.60 bits per heavy atom. The van der Waals surface area contributed by atoms with Crippen molar-refractivity contribution in [3.05, 3.63) is 59.2 Å². The Hall–Kier alpha value is -2.39. The molecular formula is C21H22F3NO4S. The molecule has 5 nitrogen and oxygen atoms in total. The van der Waals surface area contributed by atoms with Gasteiger partial charge in [-0.05, 0) is 56.0 Å². The summed E-state index contributed by atoms with van der Waals surface area (Å²) in [7, 11) is -4.09. The first-order valence-electron chi connectivity index (χ1n) is 9.45. The second-order valence-corrected chi connectivity index (χ2v) is 9.28. The van der Waals surface area contributed by atoms with Crippen LogP contribution in [0.25, 0.3) is 0 Å². The topological polar surface area (TPSA) is 63.7 Å². The number of hydrogen-bond donors (Lipinski definition) is 0. The fourth-order valence-electron chi connectivity index (χ4n) is 3.46. The van der Waals surface area contributed by atoms with Crippen molar-refractivity contribution in [1.29, 1.82) is 0 Å². The number of benzene rings is 2. The molecule has 0 aliphatic carbocycles. The van der Waals surface area contributed by atoms with Gasteiger partial charge in [0.05, 0.1) is 16.4 Å². The lowest BCUT2D eigenvalue weighted by Crippen LogP contribution is -2.41. The third-order valence-corrected chi connectivity index (χ3v) is 7.09. The van der Waals surface area contributed by atoms with E-state index < -0.39 is 38.5 Å². The number of carbonyl (C=O) groups is 1. The van der Waals surface area contributed by atoms with Crippen molar-refractivity contribution in [3.63, 3.8) is 0 Å². The van der Waals surface area contributed by atoms with E-state index >= 15 is 0 Å². The number of ether oxygens (including phenoxy) is 1. The lowest BCUT2D eigenvalue weighted by Gasteiger charge is -2.30. The summed E-state index contributed by atoms with van der Waals surface area (Å²) in [6.07, 6.45) is -4.15. The molecule has 0 amide bonds. The zero-order chi connectivity index (χ0) is 22.1. The molecule has 2 aromatic rings. The van der Waals surface area contributed by atoms with E-state index in [9.17, 15) is 26.4 Å². The Kier molecular flexibility index (Phi) is 6.24. The fraction of sp³-hybridized carbons (Fsp3) is 0.381. The third-order valence-electron chi connectivity index (χ3n) is 5.20. The molecule has 9 heteroatoms. The van der Waals surface area contributed by atoms with Crippen LogP contribution in [0.1, 0.15) is 29.5 Å². The van der Waals surface area contributed by atoms with E-state index in [1.54, 1.807) is 0 Å². The first-order valence-corrected chi connectivity index (χ1v) is 10.9. The molecule has 0 spiro atoms. The molecule has 0 N–H and O–H groups in total. The van der Waals surface area contributed by atoms with E-state index in [0.29, 0.717) is 11.8 Å². The number of nitrogens with zero attached hydrogens (tertiary/aromatic N) is 1. The second-order valence-electron chi connectivity index (χ2n) is 7.35. The Bertz CT molecular complexity index is 1020. The number of aryl methyl sites for hydroxylation is 2. The quantitative estimate of drug-likeness (QED) is 0.523. The molecule has 0 atom stereocenters. The van der Waals surface area contributed by atoms with Crippen LogP contribution in [-0.2, 0) is 21.0 Å². The largest absolute Gasteiger partial charge is 0.426 e. The monoisotopic (exact) mass is 441 g/mol. The van der Waals surface area contributed by atoms with Crippen molar-refractivity contribution in [2.45, 2.75) is 37.8 Å². The molecule has 3 rings (SSSR count). The number of esters is 1. The van der Waals surface area contributed by atoms with Crippen LogP contribution in [0.5, 0.6) is 5.75 Å². The van der Waals surface area contributed by atoms with Crippen LogP contribution in [-0.4, -0.2) is 31.8 Å². The molecule has 2 aromatic carbocycles. The average Bonchev–Trinajstić information content (AvgIpc) is 2.70. The molecule has 0 saturated carbocycles.